The molecule has 1 unspecified atom stereocenters. The molecule has 1 fully saturated rings. The van der Waals surface area contributed by atoms with Crippen LogP contribution in [-0.2, 0) is 24.1 Å². The molecule has 0 saturated carbocycles. The van der Waals surface area contributed by atoms with Gasteiger partial charge in [0.1, 0.15) is 5.75 Å². The number of likely N-dealkylation sites (tertiary alicyclic amines) is 1. The fourth-order valence-corrected chi connectivity index (χ4v) is 5.22. The van der Waals surface area contributed by atoms with Crippen molar-refractivity contribution >= 4 is 0 Å². The highest BCUT2D eigenvalue weighted by molar-refractivity contribution is 5.33. The number of piperidine rings is 1. The van der Waals surface area contributed by atoms with Crippen LogP contribution in [0.5, 0.6) is 5.75 Å². The largest absolute Gasteiger partial charge is 0.497 e. The Bertz CT molecular complexity index is 784. The van der Waals surface area contributed by atoms with Crippen molar-refractivity contribution in [2.45, 2.75) is 38.3 Å². The van der Waals surface area contributed by atoms with E-state index in [9.17, 15) is 0 Å². The highest BCUT2D eigenvalue weighted by atomic mass is 16.5. The van der Waals surface area contributed by atoms with E-state index in [-0.39, 0.29) is 0 Å². The van der Waals surface area contributed by atoms with Crippen molar-refractivity contribution < 1.29 is 9.47 Å². The van der Waals surface area contributed by atoms with E-state index in [0.29, 0.717) is 6.04 Å². The van der Waals surface area contributed by atoms with Crippen molar-refractivity contribution in [3.05, 3.63) is 65.2 Å². The molecule has 2 aromatic carbocycles. The number of fused-ring (bicyclic) bond motifs is 1. The molecule has 4 heteroatoms. The Labute approximate surface area is 181 Å². The average molecular weight is 409 g/mol. The van der Waals surface area contributed by atoms with E-state index in [4.69, 9.17) is 9.47 Å². The predicted octanol–water partition coefficient (Wildman–Crippen LogP) is 4.02. The van der Waals surface area contributed by atoms with Gasteiger partial charge in [-0.05, 0) is 67.0 Å². The summed E-state index contributed by atoms with van der Waals surface area (Å²) < 4.78 is 10.8. The van der Waals surface area contributed by atoms with Gasteiger partial charge < -0.3 is 9.47 Å². The summed E-state index contributed by atoms with van der Waals surface area (Å²) in [5.41, 5.74) is 4.43. The fraction of sp³-hybridized carbons (Fsp3) is 0.538. The maximum Gasteiger partial charge on any atom is 0.119 e. The smallest absolute Gasteiger partial charge is 0.119 e. The van der Waals surface area contributed by atoms with Gasteiger partial charge >= 0.3 is 0 Å². The summed E-state index contributed by atoms with van der Waals surface area (Å²) in [4.78, 5) is 5.34. The van der Waals surface area contributed by atoms with Crippen LogP contribution in [0.25, 0.3) is 0 Å². The van der Waals surface area contributed by atoms with E-state index >= 15 is 0 Å². The van der Waals surface area contributed by atoms with Gasteiger partial charge in [-0.1, -0.05) is 36.4 Å². The first-order chi connectivity index (χ1) is 14.7. The number of hydrogen-bond acceptors (Lipinski definition) is 4. The topological polar surface area (TPSA) is 24.9 Å². The van der Waals surface area contributed by atoms with E-state index in [2.05, 4.69) is 52.3 Å². The molecule has 1 heterocycles. The quantitative estimate of drug-likeness (QED) is 0.626. The predicted molar refractivity (Wildman–Crippen MR) is 122 cm³/mol. The van der Waals surface area contributed by atoms with Crippen LogP contribution in [0.2, 0.25) is 0 Å². The lowest BCUT2D eigenvalue weighted by Crippen LogP contribution is -2.46. The first-order valence-electron chi connectivity index (χ1n) is 11.4. The van der Waals surface area contributed by atoms with Crippen LogP contribution in [0.3, 0.4) is 0 Å². The molecule has 0 bridgehead atoms. The molecule has 0 aromatic heterocycles. The van der Waals surface area contributed by atoms with Crippen molar-refractivity contribution in [1.82, 2.24) is 9.80 Å². The molecule has 1 aliphatic carbocycles. The van der Waals surface area contributed by atoms with Crippen LogP contribution < -0.4 is 4.74 Å². The van der Waals surface area contributed by atoms with E-state index in [1.54, 1.807) is 25.3 Å². The van der Waals surface area contributed by atoms with Gasteiger partial charge in [-0.2, -0.15) is 0 Å². The normalized spacial score (nSPS) is 19.9. The number of methoxy groups -OCH3 is 2. The Kier molecular flexibility index (Phi) is 7.42. The summed E-state index contributed by atoms with van der Waals surface area (Å²) in [5.74, 6) is 1.66. The number of ether oxygens (including phenoxy) is 2. The van der Waals surface area contributed by atoms with Crippen molar-refractivity contribution in [1.29, 1.82) is 0 Å². The molecule has 4 nitrogen and oxygen atoms in total. The van der Waals surface area contributed by atoms with E-state index in [1.807, 2.05) is 6.07 Å². The Morgan fingerprint density at radius 2 is 1.83 bits per heavy atom. The molecule has 1 aliphatic heterocycles. The van der Waals surface area contributed by atoms with Crippen LogP contribution in [0, 0.1) is 5.92 Å². The minimum atomic E-state index is 0.691. The lowest BCUT2D eigenvalue weighted by Gasteiger charge is -2.38. The molecule has 1 atom stereocenters. The molecule has 0 radical (unpaired) electrons. The Hall–Kier alpha value is -1.88. The summed E-state index contributed by atoms with van der Waals surface area (Å²) in [6, 6.07) is 18.2. The van der Waals surface area contributed by atoms with Crippen LogP contribution in [0.1, 0.15) is 29.5 Å². The monoisotopic (exact) mass is 408 g/mol. The minimum Gasteiger partial charge on any atom is -0.497 e. The van der Waals surface area contributed by atoms with Gasteiger partial charge in [0.25, 0.3) is 0 Å². The maximum atomic E-state index is 5.42. The third-order valence-corrected chi connectivity index (χ3v) is 6.76. The van der Waals surface area contributed by atoms with Gasteiger partial charge in [-0.15, -0.1) is 0 Å². The van der Waals surface area contributed by atoms with E-state index < -0.39 is 0 Å². The third kappa shape index (κ3) is 5.42. The molecule has 2 aromatic rings. The molecule has 0 N–H and O–H groups in total. The Morgan fingerprint density at radius 3 is 2.57 bits per heavy atom. The minimum absolute atomic E-state index is 0.691. The Balaban J connectivity index is 1.36. The van der Waals surface area contributed by atoms with Crippen LogP contribution in [-0.4, -0.2) is 62.8 Å². The Morgan fingerprint density at radius 1 is 1.03 bits per heavy atom. The number of nitrogens with zero attached hydrogens (tertiary/aromatic N) is 2. The first kappa shape index (κ1) is 21.4. The lowest BCUT2D eigenvalue weighted by atomic mass is 9.95. The van der Waals surface area contributed by atoms with Gasteiger partial charge in [-0.25, -0.2) is 0 Å². The molecule has 2 aliphatic rings. The summed E-state index contributed by atoms with van der Waals surface area (Å²) >= 11 is 0. The zero-order valence-corrected chi connectivity index (χ0v) is 18.6. The zero-order chi connectivity index (χ0) is 20.8. The summed E-state index contributed by atoms with van der Waals surface area (Å²) in [5, 5.41) is 0. The molecule has 30 heavy (non-hydrogen) atoms. The maximum absolute atomic E-state index is 5.42. The van der Waals surface area contributed by atoms with Gasteiger partial charge in [-0.3, -0.25) is 9.80 Å². The highest BCUT2D eigenvalue weighted by Crippen LogP contribution is 2.29. The molecule has 4 rings (SSSR count). The summed E-state index contributed by atoms with van der Waals surface area (Å²) in [6.07, 6.45) is 5.09. The van der Waals surface area contributed by atoms with Crippen molar-refractivity contribution in [2.24, 2.45) is 5.92 Å². The summed E-state index contributed by atoms with van der Waals surface area (Å²) in [7, 11) is 3.53. The van der Waals surface area contributed by atoms with Crippen LogP contribution >= 0.6 is 0 Å². The number of benzene rings is 2. The van der Waals surface area contributed by atoms with Gasteiger partial charge in [0.05, 0.1) is 13.7 Å². The molecular formula is C26H36N2O2. The van der Waals surface area contributed by atoms with E-state index in [0.717, 1.165) is 37.9 Å². The molecular weight excluding hydrogens is 372 g/mol. The third-order valence-electron chi connectivity index (χ3n) is 6.76. The number of hydrogen-bond donors (Lipinski definition) is 0. The lowest BCUT2D eigenvalue weighted by molar-refractivity contribution is 0.0843. The van der Waals surface area contributed by atoms with Crippen LogP contribution in [0.4, 0.5) is 0 Å². The number of rotatable bonds is 9. The second kappa shape index (κ2) is 10.4. The van der Waals surface area contributed by atoms with Gasteiger partial charge in [0.15, 0.2) is 0 Å². The van der Waals surface area contributed by atoms with Gasteiger partial charge in [0, 0.05) is 39.3 Å². The summed E-state index contributed by atoms with van der Waals surface area (Å²) in [6.45, 7) is 6.31. The molecule has 0 spiro atoms. The fourth-order valence-electron chi connectivity index (χ4n) is 5.22. The zero-order valence-electron chi connectivity index (χ0n) is 18.6. The first-order valence-corrected chi connectivity index (χ1v) is 11.4. The standard InChI is InChI=1S/C26H36N2O2/c1-29-14-13-27(18-21-7-5-11-26(15-21)30-2)19-22-8-6-12-28(20-22)25-16-23-9-3-4-10-24(23)17-25/h3-5,7,9-11,15,22,25H,6,8,12-14,16-20H2,1-2H3. The van der Waals surface area contributed by atoms with Crippen molar-refractivity contribution in [2.75, 3.05) is 47.0 Å². The van der Waals surface area contributed by atoms with Crippen molar-refractivity contribution in [3.63, 3.8) is 0 Å². The van der Waals surface area contributed by atoms with Gasteiger partial charge in [0.2, 0.25) is 0 Å². The van der Waals surface area contributed by atoms with Crippen LogP contribution in [0.15, 0.2) is 48.5 Å². The second-order valence-electron chi connectivity index (χ2n) is 8.91. The van der Waals surface area contributed by atoms with E-state index in [1.165, 1.54) is 44.3 Å². The molecule has 1 saturated heterocycles. The average Bonchev–Trinajstić information content (AvgIpc) is 3.22. The highest BCUT2D eigenvalue weighted by Gasteiger charge is 2.31. The SMILES string of the molecule is COCCN(Cc1cccc(OC)c1)CC1CCCN(C2Cc3ccccc3C2)C1. The molecule has 162 valence electrons. The molecule has 0 amide bonds. The second-order valence-corrected chi connectivity index (χ2v) is 8.91. The van der Waals surface area contributed by atoms with Crippen molar-refractivity contribution in [3.8, 4) is 5.75 Å².